The number of hydrogen-bond acceptors (Lipinski definition) is 4. The minimum absolute atomic E-state index is 0.0567. The number of nitrogens with one attached hydrogen (secondary N) is 2. The quantitative estimate of drug-likeness (QED) is 0.461. The Hall–Kier alpha value is -2.26. The number of benzene rings is 2. The van der Waals surface area contributed by atoms with Crippen molar-refractivity contribution in [1.29, 1.82) is 0 Å². The largest absolute Gasteiger partial charge is 0.506 e. The van der Waals surface area contributed by atoms with Gasteiger partial charge in [-0.3, -0.25) is 9.59 Å². The van der Waals surface area contributed by atoms with E-state index in [-0.39, 0.29) is 17.9 Å². The van der Waals surface area contributed by atoms with Gasteiger partial charge in [-0.1, -0.05) is 6.07 Å². The smallest absolute Gasteiger partial charge is 0.259 e. The molecule has 130 valence electrons. The molecule has 0 aliphatic heterocycles. The maximum Gasteiger partial charge on any atom is 0.259 e. The van der Waals surface area contributed by atoms with Crippen molar-refractivity contribution in [3.63, 3.8) is 0 Å². The summed E-state index contributed by atoms with van der Waals surface area (Å²) in [6.45, 7) is -0.310. The highest BCUT2D eigenvalue weighted by Gasteiger charge is 2.08. The zero-order valence-corrected chi connectivity index (χ0v) is 15.8. The summed E-state index contributed by atoms with van der Waals surface area (Å²) in [4.78, 5) is 23.4. The number of hydrazone groups is 1. The van der Waals surface area contributed by atoms with E-state index in [1.807, 2.05) is 0 Å². The number of nitrogens with zero attached hydrogens (tertiary/aromatic N) is 1. The van der Waals surface area contributed by atoms with Crippen LogP contribution in [-0.2, 0) is 4.79 Å². The van der Waals surface area contributed by atoms with Crippen LogP contribution in [0, 0.1) is 5.82 Å². The van der Waals surface area contributed by atoms with Gasteiger partial charge in [0.25, 0.3) is 11.8 Å². The molecule has 2 rings (SSSR count). The van der Waals surface area contributed by atoms with Crippen LogP contribution in [0.15, 0.2) is 50.4 Å². The van der Waals surface area contributed by atoms with Crippen LogP contribution in [0.3, 0.4) is 0 Å². The highest BCUT2D eigenvalue weighted by molar-refractivity contribution is 9.11. The van der Waals surface area contributed by atoms with E-state index in [0.717, 1.165) is 6.07 Å². The standard InChI is InChI=1S/C16H12Br2FN3O3/c17-12-4-9(5-13(18)15(12)24)7-21-22-14(23)8-20-16(25)10-2-1-3-11(19)6-10/h1-7,24H,8H2,(H,20,25)(H,22,23). The molecule has 0 spiro atoms. The summed E-state index contributed by atoms with van der Waals surface area (Å²) in [6.07, 6.45) is 1.38. The van der Waals surface area contributed by atoms with Gasteiger partial charge < -0.3 is 10.4 Å². The predicted molar refractivity (Wildman–Crippen MR) is 98.0 cm³/mol. The van der Waals surface area contributed by atoms with E-state index in [9.17, 15) is 19.1 Å². The van der Waals surface area contributed by atoms with E-state index in [1.165, 1.54) is 24.4 Å². The predicted octanol–water partition coefficient (Wildman–Crippen LogP) is 2.94. The summed E-state index contributed by atoms with van der Waals surface area (Å²) in [5, 5.41) is 15.7. The van der Waals surface area contributed by atoms with Gasteiger partial charge in [-0.2, -0.15) is 5.10 Å². The van der Waals surface area contributed by atoms with Gasteiger partial charge in [-0.05, 0) is 67.8 Å². The molecule has 3 N–H and O–H groups in total. The van der Waals surface area contributed by atoms with E-state index >= 15 is 0 Å². The fraction of sp³-hybridized carbons (Fsp3) is 0.0625. The fourth-order valence-electron chi connectivity index (χ4n) is 1.77. The second-order valence-corrected chi connectivity index (χ2v) is 6.53. The van der Waals surface area contributed by atoms with E-state index < -0.39 is 17.6 Å². The molecule has 0 aliphatic carbocycles. The first kappa shape index (κ1) is 19.1. The molecule has 0 saturated heterocycles. The Morgan fingerprint density at radius 1 is 1.20 bits per heavy atom. The van der Waals surface area contributed by atoms with E-state index in [4.69, 9.17) is 0 Å². The number of phenols is 1. The lowest BCUT2D eigenvalue weighted by molar-refractivity contribution is -0.120. The number of amides is 2. The van der Waals surface area contributed by atoms with Crippen LogP contribution in [0.1, 0.15) is 15.9 Å². The van der Waals surface area contributed by atoms with Crippen molar-refractivity contribution in [2.24, 2.45) is 5.10 Å². The van der Waals surface area contributed by atoms with Crippen LogP contribution < -0.4 is 10.7 Å². The molecule has 0 bridgehead atoms. The van der Waals surface area contributed by atoms with Crippen molar-refractivity contribution in [2.75, 3.05) is 6.54 Å². The zero-order chi connectivity index (χ0) is 18.4. The Labute approximate surface area is 159 Å². The minimum Gasteiger partial charge on any atom is -0.506 e. The van der Waals surface area contributed by atoms with E-state index in [0.29, 0.717) is 14.5 Å². The first-order chi connectivity index (χ1) is 11.9. The Bertz CT molecular complexity index is 820. The van der Waals surface area contributed by atoms with Crippen molar-refractivity contribution in [3.05, 3.63) is 62.3 Å². The Morgan fingerprint density at radius 2 is 1.88 bits per heavy atom. The topological polar surface area (TPSA) is 90.8 Å². The maximum absolute atomic E-state index is 13.0. The summed E-state index contributed by atoms with van der Waals surface area (Å²) in [5.41, 5.74) is 3.00. The molecule has 6 nitrogen and oxygen atoms in total. The molecule has 0 fully saturated rings. The van der Waals surface area contributed by atoms with E-state index in [2.05, 4.69) is 47.7 Å². The van der Waals surface area contributed by atoms with E-state index in [1.54, 1.807) is 12.1 Å². The van der Waals surface area contributed by atoms with Crippen LogP contribution in [0.2, 0.25) is 0 Å². The number of carbonyl (C=O) groups is 2. The third-order valence-corrected chi connectivity index (χ3v) is 4.15. The molecule has 25 heavy (non-hydrogen) atoms. The van der Waals surface area contributed by atoms with Crippen molar-refractivity contribution < 1.29 is 19.1 Å². The van der Waals surface area contributed by atoms with Gasteiger partial charge in [-0.25, -0.2) is 9.82 Å². The molecule has 2 amide bonds. The van der Waals surface area contributed by atoms with Crippen LogP contribution in [0.25, 0.3) is 0 Å². The molecule has 0 heterocycles. The highest BCUT2D eigenvalue weighted by atomic mass is 79.9. The average molecular weight is 473 g/mol. The highest BCUT2D eigenvalue weighted by Crippen LogP contribution is 2.32. The first-order valence-corrected chi connectivity index (χ1v) is 8.49. The fourth-order valence-corrected chi connectivity index (χ4v) is 2.99. The number of carbonyl (C=O) groups excluding carboxylic acids is 2. The molecule has 0 aliphatic rings. The number of aromatic hydroxyl groups is 1. The molecular formula is C16H12Br2FN3O3. The van der Waals surface area contributed by atoms with Crippen molar-refractivity contribution in [1.82, 2.24) is 10.7 Å². The minimum atomic E-state index is -0.565. The normalized spacial score (nSPS) is 10.7. The number of halogens is 3. The average Bonchev–Trinajstić information content (AvgIpc) is 2.57. The lowest BCUT2D eigenvalue weighted by atomic mass is 10.2. The summed E-state index contributed by atoms with van der Waals surface area (Å²) in [7, 11) is 0. The third kappa shape index (κ3) is 5.64. The summed E-state index contributed by atoms with van der Waals surface area (Å²) < 4.78 is 14.0. The first-order valence-electron chi connectivity index (χ1n) is 6.90. The molecule has 0 atom stereocenters. The lowest BCUT2D eigenvalue weighted by Crippen LogP contribution is -2.34. The molecule has 0 saturated carbocycles. The molecule has 0 radical (unpaired) electrons. The molecule has 9 heteroatoms. The number of hydrogen-bond donors (Lipinski definition) is 3. The zero-order valence-electron chi connectivity index (χ0n) is 12.6. The summed E-state index contributed by atoms with van der Waals surface area (Å²) in [5.74, 6) is -1.59. The third-order valence-electron chi connectivity index (χ3n) is 2.94. The molecule has 0 aromatic heterocycles. The van der Waals surface area contributed by atoms with Crippen LogP contribution in [0.5, 0.6) is 5.75 Å². The molecule has 0 unspecified atom stereocenters. The second kappa shape index (κ2) is 8.72. The Morgan fingerprint density at radius 3 is 2.52 bits per heavy atom. The van der Waals surface area contributed by atoms with Gasteiger partial charge in [0.15, 0.2) is 0 Å². The summed E-state index contributed by atoms with van der Waals surface area (Å²) in [6, 6.07) is 8.37. The van der Waals surface area contributed by atoms with Gasteiger partial charge in [0, 0.05) is 5.56 Å². The van der Waals surface area contributed by atoms with Crippen molar-refractivity contribution >= 4 is 49.9 Å². The molecule has 2 aromatic rings. The van der Waals surface area contributed by atoms with Crippen LogP contribution in [0.4, 0.5) is 4.39 Å². The van der Waals surface area contributed by atoms with Gasteiger partial charge in [-0.15, -0.1) is 0 Å². The van der Waals surface area contributed by atoms with Gasteiger partial charge >= 0.3 is 0 Å². The second-order valence-electron chi connectivity index (χ2n) is 4.82. The number of rotatable bonds is 5. The van der Waals surface area contributed by atoms with Crippen LogP contribution in [-0.4, -0.2) is 29.7 Å². The van der Waals surface area contributed by atoms with Gasteiger partial charge in [0.2, 0.25) is 0 Å². The monoisotopic (exact) mass is 471 g/mol. The Balaban J connectivity index is 1.85. The lowest BCUT2D eigenvalue weighted by Gasteiger charge is -2.04. The Kier molecular flexibility index (Phi) is 6.65. The van der Waals surface area contributed by atoms with Crippen molar-refractivity contribution in [2.45, 2.75) is 0 Å². The SMILES string of the molecule is O=C(CNC(=O)c1cccc(F)c1)NN=Cc1cc(Br)c(O)c(Br)c1. The van der Waals surface area contributed by atoms with Gasteiger partial charge in [0.05, 0.1) is 21.7 Å². The number of phenolic OH excluding ortho intramolecular Hbond substituents is 1. The van der Waals surface area contributed by atoms with Gasteiger partial charge in [0.1, 0.15) is 11.6 Å². The molecule has 2 aromatic carbocycles. The molecular weight excluding hydrogens is 461 g/mol. The summed E-state index contributed by atoms with van der Waals surface area (Å²) >= 11 is 6.37. The van der Waals surface area contributed by atoms with Crippen molar-refractivity contribution in [3.8, 4) is 5.75 Å². The van der Waals surface area contributed by atoms with Crippen LogP contribution >= 0.6 is 31.9 Å². The maximum atomic E-state index is 13.0.